The average molecular weight is 422 g/mol. The van der Waals surface area contributed by atoms with Crippen molar-refractivity contribution in [3.63, 3.8) is 0 Å². The second-order valence-corrected chi connectivity index (χ2v) is 8.72. The summed E-state index contributed by atoms with van der Waals surface area (Å²) in [5.41, 5.74) is 9.03. The van der Waals surface area contributed by atoms with Crippen LogP contribution in [0.1, 0.15) is 33.4 Å². The molecule has 108 valence electrons. The van der Waals surface area contributed by atoms with Crippen molar-refractivity contribution in [2.75, 3.05) is 0 Å². The van der Waals surface area contributed by atoms with Gasteiger partial charge in [-0.3, -0.25) is 0 Å². The van der Waals surface area contributed by atoms with E-state index in [9.17, 15) is 0 Å². The van der Waals surface area contributed by atoms with Crippen molar-refractivity contribution in [2.45, 2.75) is 19.3 Å². The molecule has 0 fully saturated rings. The van der Waals surface area contributed by atoms with E-state index in [2.05, 4.69) is 56.1 Å². The molecule has 0 saturated carbocycles. The molecule has 0 heterocycles. The van der Waals surface area contributed by atoms with E-state index >= 15 is 0 Å². The Morgan fingerprint density at radius 1 is 0.478 bits per heavy atom. The second kappa shape index (κ2) is 3.50. The lowest BCUT2D eigenvalue weighted by Gasteiger charge is -2.11. The number of hydrogen-bond acceptors (Lipinski definition) is 0. The summed E-state index contributed by atoms with van der Waals surface area (Å²) in [7, 11) is 0. The molecule has 0 N–H and O–H groups in total. The first kappa shape index (κ1) is 12.0. The summed E-state index contributed by atoms with van der Waals surface area (Å²) in [6.07, 6.45) is 3.22. The third-order valence-electron chi connectivity index (χ3n) is 6.20. The summed E-state index contributed by atoms with van der Waals surface area (Å²) in [6.45, 7) is 0. The molecule has 23 heavy (non-hydrogen) atoms. The first-order valence-electron chi connectivity index (χ1n) is 8.07. The summed E-state index contributed by atoms with van der Waals surface area (Å²) in [4.78, 5) is 0. The third kappa shape index (κ3) is 1.10. The minimum atomic E-state index is 1.06. The molecule has 0 amide bonds. The second-order valence-electron chi connectivity index (χ2n) is 7.13. The summed E-state index contributed by atoms with van der Waals surface area (Å²) in [6, 6.07) is 9.48. The van der Waals surface area contributed by atoms with Crippen molar-refractivity contribution in [3.8, 4) is 0 Å². The number of rotatable bonds is 0. The molecule has 4 aromatic carbocycles. The minimum Gasteiger partial charge on any atom is -0.0578 e. The van der Waals surface area contributed by atoms with Crippen LogP contribution >= 0.6 is 31.9 Å². The van der Waals surface area contributed by atoms with Crippen molar-refractivity contribution in [1.82, 2.24) is 0 Å². The van der Waals surface area contributed by atoms with Crippen LogP contribution in [0.25, 0.3) is 32.3 Å². The number of hydrogen-bond donors (Lipinski definition) is 0. The predicted octanol–water partition coefficient (Wildman–Crippen LogP) is 6.38. The van der Waals surface area contributed by atoms with Gasteiger partial charge in [-0.2, -0.15) is 0 Å². The topological polar surface area (TPSA) is 0 Å². The van der Waals surface area contributed by atoms with Crippen LogP contribution in [0.2, 0.25) is 0 Å². The van der Waals surface area contributed by atoms with Gasteiger partial charge in [0.15, 0.2) is 0 Å². The van der Waals surface area contributed by atoms with E-state index in [0.717, 1.165) is 19.3 Å². The molecule has 0 unspecified atom stereocenters. The highest BCUT2D eigenvalue weighted by Crippen LogP contribution is 2.56. The average Bonchev–Trinajstić information content (AvgIpc) is 3.21. The van der Waals surface area contributed by atoms with Gasteiger partial charge >= 0.3 is 0 Å². The molecular weight excluding hydrogens is 412 g/mol. The maximum absolute atomic E-state index is 3.89. The van der Waals surface area contributed by atoms with Gasteiger partial charge in [0.2, 0.25) is 0 Å². The normalized spacial score (nSPS) is 15.7. The largest absolute Gasteiger partial charge is 0.0578 e. The van der Waals surface area contributed by atoms with Crippen LogP contribution in [-0.4, -0.2) is 0 Å². The van der Waals surface area contributed by atoms with Crippen LogP contribution in [-0.2, 0) is 19.3 Å². The van der Waals surface area contributed by atoms with Crippen LogP contribution in [0, 0.1) is 0 Å². The molecule has 2 heteroatoms. The maximum Gasteiger partial charge on any atom is 0.0362 e. The van der Waals surface area contributed by atoms with Gasteiger partial charge in [0, 0.05) is 8.95 Å². The quantitative estimate of drug-likeness (QED) is 0.249. The summed E-state index contributed by atoms with van der Waals surface area (Å²) in [5.74, 6) is 0. The summed E-state index contributed by atoms with van der Waals surface area (Å²) in [5, 5.41) is 9.28. The Balaban J connectivity index is 2.00. The van der Waals surface area contributed by atoms with Crippen LogP contribution < -0.4 is 0 Å². The molecule has 0 bridgehead atoms. The van der Waals surface area contributed by atoms with Crippen LogP contribution in [0.15, 0.2) is 33.2 Å². The lowest BCUT2D eigenvalue weighted by atomic mass is 9.94. The molecule has 0 aliphatic heterocycles. The zero-order chi connectivity index (χ0) is 15.0. The first-order chi connectivity index (χ1) is 11.2. The molecule has 0 aromatic heterocycles. The number of halogens is 2. The van der Waals surface area contributed by atoms with Crippen molar-refractivity contribution in [3.05, 3.63) is 66.6 Å². The fourth-order valence-electron chi connectivity index (χ4n) is 5.37. The van der Waals surface area contributed by atoms with Gasteiger partial charge in [0.05, 0.1) is 0 Å². The minimum absolute atomic E-state index is 1.06. The van der Waals surface area contributed by atoms with Crippen LogP contribution in [0.5, 0.6) is 0 Å². The molecule has 7 rings (SSSR count). The Morgan fingerprint density at radius 2 is 0.826 bits per heavy atom. The van der Waals surface area contributed by atoms with Gasteiger partial charge in [-0.1, -0.05) is 24.3 Å². The molecule has 0 atom stereocenters. The van der Waals surface area contributed by atoms with Gasteiger partial charge < -0.3 is 0 Å². The first-order valence-corrected chi connectivity index (χ1v) is 9.66. The van der Waals surface area contributed by atoms with Gasteiger partial charge in [0.25, 0.3) is 0 Å². The molecular formula is C21H10Br2. The fraction of sp³-hybridized carbons (Fsp3) is 0.143. The van der Waals surface area contributed by atoms with Crippen molar-refractivity contribution in [1.29, 1.82) is 0 Å². The molecule has 0 radical (unpaired) electrons. The van der Waals surface area contributed by atoms with Crippen molar-refractivity contribution >= 4 is 64.2 Å². The van der Waals surface area contributed by atoms with Crippen molar-refractivity contribution < 1.29 is 0 Å². The third-order valence-corrected chi connectivity index (χ3v) is 8.48. The molecule has 3 aliphatic rings. The Kier molecular flexibility index (Phi) is 1.83. The standard InChI is InChI=1S/C21H10Br2/c22-20-12-6-10-3-1-8-5-9-2-4-11-7-13(21(20)23)19-17(11)15(9)14(8)16(10)18(12)19/h1-4H,5-7H2. The monoisotopic (exact) mass is 420 g/mol. The Labute approximate surface area is 149 Å². The number of benzene rings is 4. The Hall–Kier alpha value is -1.38. The van der Waals surface area contributed by atoms with Crippen LogP contribution in [0.3, 0.4) is 0 Å². The van der Waals surface area contributed by atoms with E-state index in [-0.39, 0.29) is 0 Å². The predicted molar refractivity (Wildman–Crippen MR) is 103 cm³/mol. The van der Waals surface area contributed by atoms with E-state index in [0.29, 0.717) is 0 Å². The maximum atomic E-state index is 3.89. The van der Waals surface area contributed by atoms with E-state index in [1.807, 2.05) is 0 Å². The lowest BCUT2D eigenvalue weighted by molar-refractivity contribution is 1.21. The smallest absolute Gasteiger partial charge is 0.0362 e. The SMILES string of the molecule is Brc1c(Br)c2c3c4c(ccc5c4c4c(ccc6c4c3c1C6)C5)C2. The zero-order valence-corrected chi connectivity index (χ0v) is 15.4. The van der Waals surface area contributed by atoms with E-state index < -0.39 is 0 Å². The van der Waals surface area contributed by atoms with Gasteiger partial charge in [-0.05, 0) is 117 Å². The Bertz CT molecular complexity index is 1190. The van der Waals surface area contributed by atoms with Crippen molar-refractivity contribution in [2.24, 2.45) is 0 Å². The van der Waals surface area contributed by atoms with E-state index in [1.54, 1.807) is 21.5 Å². The molecule has 0 spiro atoms. The lowest BCUT2D eigenvalue weighted by Crippen LogP contribution is -1.90. The highest BCUT2D eigenvalue weighted by atomic mass is 79.9. The van der Waals surface area contributed by atoms with E-state index in [4.69, 9.17) is 0 Å². The highest BCUT2D eigenvalue weighted by Gasteiger charge is 2.33. The zero-order valence-electron chi connectivity index (χ0n) is 12.2. The molecule has 0 saturated heterocycles. The highest BCUT2D eigenvalue weighted by molar-refractivity contribution is 9.13. The summed E-state index contributed by atoms with van der Waals surface area (Å²) >= 11 is 7.78. The Morgan fingerprint density at radius 3 is 1.26 bits per heavy atom. The fourth-order valence-corrected chi connectivity index (χ4v) is 6.52. The van der Waals surface area contributed by atoms with E-state index in [1.165, 1.54) is 53.1 Å². The molecule has 3 aliphatic carbocycles. The van der Waals surface area contributed by atoms with Gasteiger partial charge in [-0.15, -0.1) is 0 Å². The molecule has 4 aromatic rings. The summed E-state index contributed by atoms with van der Waals surface area (Å²) < 4.78 is 2.54. The molecule has 0 nitrogen and oxygen atoms in total. The van der Waals surface area contributed by atoms with Gasteiger partial charge in [-0.25, -0.2) is 0 Å². The van der Waals surface area contributed by atoms with Gasteiger partial charge in [0.1, 0.15) is 0 Å². The van der Waals surface area contributed by atoms with Crippen LogP contribution in [0.4, 0.5) is 0 Å².